The molecule has 0 unspecified atom stereocenters. The molecule has 9 heteroatoms. The molecule has 4 rings (SSSR count). The highest BCUT2D eigenvalue weighted by Gasteiger charge is 2.14. The Morgan fingerprint density at radius 3 is 2.50 bits per heavy atom. The largest absolute Gasteiger partial charge is 0.511 e. The van der Waals surface area contributed by atoms with Crippen LogP contribution in [0.2, 0.25) is 0 Å². The Labute approximate surface area is 181 Å². The minimum Gasteiger partial charge on any atom is -0.505 e. The second-order valence-corrected chi connectivity index (χ2v) is 6.83. The molecule has 0 aliphatic heterocycles. The topological polar surface area (TPSA) is 129 Å². The number of carboxylic acid groups (broad SMARTS) is 1. The molecule has 0 saturated heterocycles. The zero-order valence-electron chi connectivity index (χ0n) is 16.9. The van der Waals surface area contributed by atoms with E-state index in [1.807, 2.05) is 18.2 Å². The van der Waals surface area contributed by atoms with E-state index in [1.165, 1.54) is 16.8 Å². The van der Waals surface area contributed by atoms with Crippen LogP contribution in [0.15, 0.2) is 87.8 Å². The summed E-state index contributed by atoms with van der Waals surface area (Å²) in [7, 11) is 0. The number of aryl methyl sites for hydroxylation is 1. The lowest BCUT2D eigenvalue weighted by atomic mass is 10.0. The first-order valence-corrected chi connectivity index (χ1v) is 9.56. The van der Waals surface area contributed by atoms with Crippen LogP contribution in [0, 0.1) is 6.92 Å². The predicted octanol–water partition coefficient (Wildman–Crippen LogP) is 5.32. The van der Waals surface area contributed by atoms with Gasteiger partial charge in [-0.3, -0.25) is 9.89 Å². The summed E-state index contributed by atoms with van der Waals surface area (Å²) in [6.45, 7) is 1.71. The third kappa shape index (κ3) is 4.12. The summed E-state index contributed by atoms with van der Waals surface area (Å²) in [6.07, 6.45) is -1.43. The Bertz CT molecular complexity index is 1370. The summed E-state index contributed by atoms with van der Waals surface area (Å²) < 4.78 is 6.04. The molecule has 0 atom stereocenters. The van der Waals surface area contributed by atoms with E-state index in [0.717, 1.165) is 0 Å². The number of nitrogens with one attached hydrogen (secondary N) is 1. The average Bonchev–Trinajstić information content (AvgIpc) is 3.07. The van der Waals surface area contributed by atoms with Crippen molar-refractivity contribution in [3.05, 3.63) is 88.8 Å². The molecule has 1 heterocycles. The van der Waals surface area contributed by atoms with Crippen molar-refractivity contribution in [3.8, 4) is 28.3 Å². The van der Waals surface area contributed by atoms with Gasteiger partial charge in [0.1, 0.15) is 11.4 Å². The third-order valence-electron chi connectivity index (χ3n) is 4.68. The lowest BCUT2D eigenvalue weighted by molar-refractivity contribution is 0.144. The lowest BCUT2D eigenvalue weighted by Gasteiger charge is -2.08. The maximum atomic E-state index is 12.8. The lowest BCUT2D eigenvalue weighted by Crippen LogP contribution is -2.13. The van der Waals surface area contributed by atoms with Crippen molar-refractivity contribution in [1.82, 2.24) is 9.78 Å². The van der Waals surface area contributed by atoms with Gasteiger partial charge in [0.05, 0.1) is 11.4 Å². The van der Waals surface area contributed by atoms with Crippen molar-refractivity contribution in [2.75, 3.05) is 0 Å². The zero-order valence-corrected chi connectivity index (χ0v) is 16.9. The number of aromatic hydroxyl groups is 1. The van der Waals surface area contributed by atoms with Crippen molar-refractivity contribution in [3.63, 3.8) is 0 Å². The Hall–Kier alpha value is -4.66. The van der Waals surface area contributed by atoms with Gasteiger partial charge >= 0.3 is 6.16 Å². The van der Waals surface area contributed by atoms with Gasteiger partial charge in [-0.25, -0.2) is 9.48 Å². The normalized spacial score (nSPS) is 11.0. The van der Waals surface area contributed by atoms with Crippen molar-refractivity contribution in [2.45, 2.75) is 6.92 Å². The van der Waals surface area contributed by atoms with E-state index < -0.39 is 6.16 Å². The number of carbonyl (C=O) groups is 1. The van der Waals surface area contributed by atoms with Crippen LogP contribution in [0.4, 0.5) is 16.2 Å². The Morgan fingerprint density at radius 2 is 1.75 bits per heavy atom. The number of aromatic nitrogens is 2. The Balaban J connectivity index is 1.68. The summed E-state index contributed by atoms with van der Waals surface area (Å²) in [5.41, 5.74) is 2.03. The number of benzene rings is 3. The first-order chi connectivity index (χ1) is 15.4. The van der Waals surface area contributed by atoms with Crippen molar-refractivity contribution in [1.29, 1.82) is 0 Å². The van der Waals surface area contributed by atoms with E-state index in [2.05, 4.69) is 20.1 Å². The molecule has 0 bridgehead atoms. The molecular formula is C23H18N4O5. The molecule has 4 aromatic rings. The molecule has 32 heavy (non-hydrogen) atoms. The number of para-hydroxylation sites is 2. The van der Waals surface area contributed by atoms with E-state index in [-0.39, 0.29) is 28.4 Å². The first-order valence-electron chi connectivity index (χ1n) is 9.56. The summed E-state index contributed by atoms with van der Waals surface area (Å²) in [5, 5.41) is 30.6. The van der Waals surface area contributed by atoms with Gasteiger partial charge in [0.2, 0.25) is 0 Å². The van der Waals surface area contributed by atoms with Crippen LogP contribution in [0.5, 0.6) is 11.5 Å². The van der Waals surface area contributed by atoms with E-state index in [0.29, 0.717) is 22.5 Å². The van der Waals surface area contributed by atoms with Crippen LogP contribution < -0.4 is 10.3 Å². The van der Waals surface area contributed by atoms with E-state index in [4.69, 9.17) is 5.11 Å². The first kappa shape index (κ1) is 20.6. The molecule has 0 aliphatic rings. The zero-order chi connectivity index (χ0) is 22.7. The molecule has 0 fully saturated rings. The molecule has 0 amide bonds. The maximum absolute atomic E-state index is 12.8. The molecule has 9 nitrogen and oxygen atoms in total. The third-order valence-corrected chi connectivity index (χ3v) is 4.68. The van der Waals surface area contributed by atoms with Gasteiger partial charge in [-0.05, 0) is 42.8 Å². The van der Waals surface area contributed by atoms with Gasteiger partial charge in [-0.2, -0.15) is 0 Å². The number of hydrogen-bond donors (Lipinski definition) is 3. The van der Waals surface area contributed by atoms with Crippen LogP contribution in [-0.4, -0.2) is 26.1 Å². The van der Waals surface area contributed by atoms with E-state index in [9.17, 15) is 14.7 Å². The molecule has 0 radical (unpaired) electrons. The number of hydrogen-bond acceptors (Lipinski definition) is 6. The smallest absolute Gasteiger partial charge is 0.505 e. The van der Waals surface area contributed by atoms with Gasteiger partial charge in [-0.1, -0.05) is 42.5 Å². The van der Waals surface area contributed by atoms with Crippen LogP contribution >= 0.6 is 0 Å². The fourth-order valence-corrected chi connectivity index (χ4v) is 3.19. The Morgan fingerprint density at radius 1 is 1.00 bits per heavy atom. The summed E-state index contributed by atoms with van der Waals surface area (Å²) in [5.74, 6) is -0.0499. The van der Waals surface area contributed by atoms with Crippen LogP contribution in [-0.2, 0) is 0 Å². The van der Waals surface area contributed by atoms with Crippen molar-refractivity contribution in [2.24, 2.45) is 10.2 Å². The monoisotopic (exact) mass is 430 g/mol. The molecular weight excluding hydrogens is 412 g/mol. The fraction of sp³-hybridized carbons (Fsp3) is 0.0435. The Kier molecular flexibility index (Phi) is 5.54. The predicted molar refractivity (Wildman–Crippen MR) is 117 cm³/mol. The number of rotatable bonds is 5. The van der Waals surface area contributed by atoms with Crippen LogP contribution in [0.25, 0.3) is 16.8 Å². The fourth-order valence-electron chi connectivity index (χ4n) is 3.19. The maximum Gasteiger partial charge on any atom is 0.511 e. The van der Waals surface area contributed by atoms with Gasteiger partial charge in [0, 0.05) is 5.56 Å². The number of phenols is 1. The van der Waals surface area contributed by atoms with Crippen molar-refractivity contribution >= 4 is 17.5 Å². The van der Waals surface area contributed by atoms with Gasteiger partial charge in [-0.15, -0.1) is 10.2 Å². The molecule has 0 aliphatic carbocycles. The second kappa shape index (κ2) is 8.60. The highest BCUT2D eigenvalue weighted by molar-refractivity contribution is 5.77. The summed E-state index contributed by atoms with van der Waals surface area (Å²) in [4.78, 5) is 23.5. The number of H-pyrrole nitrogens is 1. The molecule has 3 aromatic carbocycles. The number of nitrogens with zero attached hydrogens (tertiary/aromatic N) is 3. The molecule has 3 N–H and O–H groups in total. The minimum absolute atomic E-state index is 0.117. The molecule has 160 valence electrons. The highest BCUT2D eigenvalue weighted by atomic mass is 16.7. The second-order valence-electron chi connectivity index (χ2n) is 6.83. The number of phenolic OH excluding ortho intramolecular Hbond substituents is 1. The molecule has 1 aromatic heterocycles. The molecule has 0 saturated carbocycles. The number of aromatic amines is 1. The highest BCUT2D eigenvalue weighted by Crippen LogP contribution is 2.38. The SMILES string of the molecule is Cc1[nH]n(-c2ccccc2)c(=O)c1N=Nc1cccc(-c2cccc(OC(=O)O)c2)c1O. The van der Waals surface area contributed by atoms with Gasteiger partial charge < -0.3 is 14.9 Å². The minimum atomic E-state index is -1.43. The van der Waals surface area contributed by atoms with E-state index >= 15 is 0 Å². The van der Waals surface area contributed by atoms with Gasteiger partial charge in [0.15, 0.2) is 11.4 Å². The standard InChI is InChI=1S/C23H18N4O5/c1-14-20(22(29)27(26-14)16-8-3-2-4-9-16)25-24-19-12-6-11-18(21(19)28)15-7-5-10-17(13-15)32-23(30)31/h2-13,26,28H,1H3,(H,30,31). The van der Waals surface area contributed by atoms with Crippen molar-refractivity contribution < 1.29 is 19.7 Å². The summed E-state index contributed by atoms with van der Waals surface area (Å²) in [6, 6.07) is 20.2. The average molecular weight is 430 g/mol. The quantitative estimate of drug-likeness (QED) is 0.224. The number of azo groups is 1. The van der Waals surface area contributed by atoms with E-state index in [1.54, 1.807) is 49.4 Å². The number of ether oxygens (including phenoxy) is 1. The summed E-state index contributed by atoms with van der Waals surface area (Å²) >= 11 is 0. The van der Waals surface area contributed by atoms with Gasteiger partial charge in [0.25, 0.3) is 5.56 Å². The molecule has 0 spiro atoms. The van der Waals surface area contributed by atoms with Crippen LogP contribution in [0.1, 0.15) is 5.69 Å². The van der Waals surface area contributed by atoms with Crippen LogP contribution in [0.3, 0.4) is 0 Å².